The lowest BCUT2D eigenvalue weighted by molar-refractivity contribution is -0.120. The molecule has 1 unspecified atom stereocenters. The lowest BCUT2D eigenvalue weighted by atomic mass is 10.00. The number of amides is 2. The Balaban J connectivity index is 1.77. The van der Waals surface area contributed by atoms with E-state index in [1.165, 1.54) is 0 Å². The van der Waals surface area contributed by atoms with Crippen molar-refractivity contribution in [1.82, 2.24) is 0 Å². The maximum absolute atomic E-state index is 12.8. The van der Waals surface area contributed by atoms with E-state index in [0.29, 0.717) is 18.5 Å². The minimum absolute atomic E-state index is 0.0441. The van der Waals surface area contributed by atoms with E-state index in [1.54, 1.807) is 29.2 Å². The molecule has 0 aromatic heterocycles. The highest BCUT2D eigenvalue weighted by Crippen LogP contribution is 2.30. The summed E-state index contributed by atoms with van der Waals surface area (Å²) in [6.45, 7) is 2.58. The van der Waals surface area contributed by atoms with Crippen molar-refractivity contribution < 1.29 is 9.59 Å². The maximum atomic E-state index is 12.8. The highest BCUT2D eigenvalue weighted by atomic mass is 16.2. The van der Waals surface area contributed by atoms with Gasteiger partial charge in [0.25, 0.3) is 5.91 Å². The van der Waals surface area contributed by atoms with Crippen molar-refractivity contribution in [2.45, 2.75) is 18.9 Å². The highest BCUT2D eigenvalue weighted by Gasteiger charge is 2.43. The van der Waals surface area contributed by atoms with Crippen LogP contribution >= 0.6 is 0 Å². The number of rotatable bonds is 4. The number of para-hydroxylation sites is 1. The zero-order valence-electron chi connectivity index (χ0n) is 13.0. The molecule has 2 aromatic carbocycles. The molecule has 0 saturated carbocycles. The van der Waals surface area contributed by atoms with Crippen LogP contribution < -0.4 is 16.0 Å². The summed E-state index contributed by atoms with van der Waals surface area (Å²) in [7, 11) is 0. The molecule has 3 N–H and O–H groups in total. The number of carbonyl (C=O) groups excluding carboxylic acids is 2. The molecule has 1 saturated heterocycles. The van der Waals surface area contributed by atoms with Crippen LogP contribution in [0.15, 0.2) is 54.6 Å². The third kappa shape index (κ3) is 2.90. The van der Waals surface area contributed by atoms with Gasteiger partial charge in [-0.15, -0.1) is 0 Å². The van der Waals surface area contributed by atoms with Gasteiger partial charge in [0.05, 0.1) is 0 Å². The Labute approximate surface area is 135 Å². The molecule has 118 valence electrons. The molecule has 0 bridgehead atoms. The zero-order valence-corrected chi connectivity index (χ0v) is 13.0. The monoisotopic (exact) mass is 309 g/mol. The third-order valence-electron chi connectivity index (χ3n) is 4.21. The Kier molecular flexibility index (Phi) is 3.78. The van der Waals surface area contributed by atoms with Crippen LogP contribution in [0.4, 0.5) is 11.4 Å². The standard InChI is InChI=1S/C18H19N3O2/c1-18(20-14-9-7-13(8-10-14)16(19)22)11-12-21(17(18)23)15-5-3-2-4-6-15/h2-10,20H,11-12H2,1H3,(H2,19,22). The summed E-state index contributed by atoms with van der Waals surface area (Å²) in [6.07, 6.45) is 0.707. The average molecular weight is 309 g/mol. The van der Waals surface area contributed by atoms with Crippen molar-refractivity contribution in [3.63, 3.8) is 0 Å². The second kappa shape index (κ2) is 5.76. The van der Waals surface area contributed by atoms with Crippen molar-refractivity contribution in [3.8, 4) is 0 Å². The van der Waals surface area contributed by atoms with Crippen molar-refractivity contribution in [3.05, 3.63) is 60.2 Å². The number of nitrogens with one attached hydrogen (secondary N) is 1. The summed E-state index contributed by atoms with van der Waals surface area (Å²) in [5, 5.41) is 3.29. The number of anilines is 2. The van der Waals surface area contributed by atoms with Gasteiger partial charge >= 0.3 is 0 Å². The smallest absolute Gasteiger partial charge is 0.252 e. The minimum Gasteiger partial charge on any atom is -0.371 e. The van der Waals surface area contributed by atoms with E-state index in [-0.39, 0.29) is 5.91 Å². The molecule has 0 aliphatic carbocycles. The number of hydrogen-bond acceptors (Lipinski definition) is 3. The first-order chi connectivity index (χ1) is 11.0. The summed E-state index contributed by atoms with van der Waals surface area (Å²) in [6, 6.07) is 16.5. The molecule has 23 heavy (non-hydrogen) atoms. The van der Waals surface area contributed by atoms with E-state index >= 15 is 0 Å². The van der Waals surface area contributed by atoms with Crippen LogP contribution in [0.3, 0.4) is 0 Å². The molecule has 0 spiro atoms. The van der Waals surface area contributed by atoms with Gasteiger partial charge in [0.15, 0.2) is 0 Å². The fraction of sp³-hybridized carbons (Fsp3) is 0.222. The Bertz CT molecular complexity index is 728. The molecule has 1 heterocycles. The Morgan fingerprint density at radius 3 is 2.39 bits per heavy atom. The van der Waals surface area contributed by atoms with Crippen LogP contribution in [0.2, 0.25) is 0 Å². The van der Waals surface area contributed by atoms with Crippen molar-refractivity contribution in [2.75, 3.05) is 16.8 Å². The van der Waals surface area contributed by atoms with Gasteiger partial charge in [0.1, 0.15) is 5.54 Å². The molecule has 1 aliphatic rings. The fourth-order valence-corrected chi connectivity index (χ4v) is 2.85. The van der Waals surface area contributed by atoms with Crippen LogP contribution in [-0.2, 0) is 4.79 Å². The molecule has 1 fully saturated rings. The van der Waals surface area contributed by atoms with Crippen LogP contribution in [0, 0.1) is 0 Å². The van der Waals surface area contributed by atoms with Crippen molar-refractivity contribution >= 4 is 23.2 Å². The quantitative estimate of drug-likeness (QED) is 0.910. The second-order valence-electron chi connectivity index (χ2n) is 5.94. The maximum Gasteiger partial charge on any atom is 0.252 e. The first-order valence-electron chi connectivity index (χ1n) is 7.55. The van der Waals surface area contributed by atoms with E-state index in [4.69, 9.17) is 5.73 Å². The summed E-state index contributed by atoms with van der Waals surface area (Å²) in [4.78, 5) is 25.7. The highest BCUT2D eigenvalue weighted by molar-refractivity contribution is 6.04. The summed E-state index contributed by atoms with van der Waals surface area (Å²) in [5.74, 6) is -0.419. The normalized spacial score (nSPS) is 20.6. The molecule has 2 aromatic rings. The number of nitrogens with two attached hydrogens (primary N) is 1. The van der Waals surface area contributed by atoms with Crippen LogP contribution in [-0.4, -0.2) is 23.9 Å². The van der Waals surface area contributed by atoms with Gasteiger partial charge < -0.3 is 16.0 Å². The van der Waals surface area contributed by atoms with Gasteiger partial charge in [-0.3, -0.25) is 9.59 Å². The molecular formula is C18H19N3O2. The van der Waals surface area contributed by atoms with E-state index in [1.807, 2.05) is 37.3 Å². The van der Waals surface area contributed by atoms with Crippen molar-refractivity contribution in [2.24, 2.45) is 5.73 Å². The lowest BCUT2D eigenvalue weighted by Gasteiger charge is -2.26. The van der Waals surface area contributed by atoms with E-state index in [2.05, 4.69) is 5.32 Å². The number of carbonyl (C=O) groups is 2. The van der Waals surface area contributed by atoms with Crippen LogP contribution in [0.25, 0.3) is 0 Å². The SMILES string of the molecule is CC1(Nc2ccc(C(N)=O)cc2)CCN(c2ccccc2)C1=O. The molecule has 1 atom stereocenters. The van der Waals surface area contributed by atoms with Crippen molar-refractivity contribution in [1.29, 1.82) is 0 Å². The molecule has 1 aliphatic heterocycles. The van der Waals surface area contributed by atoms with Gasteiger partial charge in [-0.2, -0.15) is 0 Å². The predicted molar refractivity (Wildman–Crippen MR) is 90.4 cm³/mol. The van der Waals surface area contributed by atoms with Gasteiger partial charge in [0, 0.05) is 23.5 Å². The van der Waals surface area contributed by atoms with E-state index in [9.17, 15) is 9.59 Å². The first kappa shape index (κ1) is 15.1. The lowest BCUT2D eigenvalue weighted by Crippen LogP contribution is -2.44. The average Bonchev–Trinajstić information content (AvgIpc) is 2.84. The van der Waals surface area contributed by atoms with Crippen LogP contribution in [0.5, 0.6) is 0 Å². The number of nitrogens with zero attached hydrogens (tertiary/aromatic N) is 1. The fourth-order valence-electron chi connectivity index (χ4n) is 2.85. The summed E-state index contributed by atoms with van der Waals surface area (Å²) in [5.41, 5.74) is 6.73. The van der Waals surface area contributed by atoms with Gasteiger partial charge in [-0.1, -0.05) is 18.2 Å². The topological polar surface area (TPSA) is 75.4 Å². The van der Waals surface area contributed by atoms with E-state index in [0.717, 1.165) is 11.4 Å². The largest absolute Gasteiger partial charge is 0.371 e. The molecule has 0 radical (unpaired) electrons. The first-order valence-corrected chi connectivity index (χ1v) is 7.55. The van der Waals surface area contributed by atoms with Gasteiger partial charge in [-0.25, -0.2) is 0 Å². The summed E-state index contributed by atoms with van der Waals surface area (Å²) < 4.78 is 0. The predicted octanol–water partition coefficient (Wildman–Crippen LogP) is 2.39. The number of hydrogen-bond donors (Lipinski definition) is 2. The van der Waals surface area contributed by atoms with E-state index < -0.39 is 11.4 Å². The molecule has 3 rings (SSSR count). The Hall–Kier alpha value is -2.82. The molecule has 2 amide bonds. The second-order valence-corrected chi connectivity index (χ2v) is 5.94. The molecular weight excluding hydrogens is 290 g/mol. The molecule has 5 heteroatoms. The van der Waals surface area contributed by atoms with Crippen LogP contribution in [0.1, 0.15) is 23.7 Å². The minimum atomic E-state index is -0.663. The summed E-state index contributed by atoms with van der Waals surface area (Å²) >= 11 is 0. The Morgan fingerprint density at radius 2 is 1.78 bits per heavy atom. The molecule has 5 nitrogen and oxygen atoms in total. The third-order valence-corrected chi connectivity index (χ3v) is 4.21. The van der Waals surface area contributed by atoms with Gasteiger partial charge in [-0.05, 0) is 49.7 Å². The Morgan fingerprint density at radius 1 is 1.13 bits per heavy atom. The number of primary amides is 1. The van der Waals surface area contributed by atoms with Gasteiger partial charge in [0.2, 0.25) is 5.91 Å². The zero-order chi connectivity index (χ0) is 16.4. The number of benzene rings is 2.